The summed E-state index contributed by atoms with van der Waals surface area (Å²) < 4.78 is 27.0. The van der Waals surface area contributed by atoms with Crippen molar-refractivity contribution in [3.63, 3.8) is 0 Å². The Morgan fingerprint density at radius 3 is 1.17 bits per heavy atom. The van der Waals surface area contributed by atoms with E-state index in [0.29, 0.717) is 45.0 Å². The fourth-order valence-corrected chi connectivity index (χ4v) is 6.08. The SMILES string of the molecule is CC(=O)N(C)c1nc(-c2ccc(F)cc2)c(/C=C/[C@@H](O)C[C@@H](O)CC(=O)[O-])c(C(C)C)n1.CC(=O)N(C)c1nc(-c2ccc(F)cc2)c(/C=C/[C@@H](O)C[C@@H](O)CC(=O)[O-])c(C(C)C)n1.[Ca+2]. The van der Waals surface area contributed by atoms with Gasteiger partial charge < -0.3 is 40.2 Å². The van der Waals surface area contributed by atoms with Gasteiger partial charge in [-0.2, -0.15) is 0 Å². The van der Waals surface area contributed by atoms with Crippen molar-refractivity contribution in [2.45, 2.75) is 103 Å². The Kier molecular flexibility index (Phi) is 22.6. The molecule has 4 N–H and O–H groups in total. The molecule has 65 heavy (non-hydrogen) atoms. The average molecular weight is 929 g/mol. The van der Waals surface area contributed by atoms with Crippen LogP contribution in [0.1, 0.15) is 102 Å². The largest absolute Gasteiger partial charge is 2.00 e. The monoisotopic (exact) mass is 928 g/mol. The van der Waals surface area contributed by atoms with Gasteiger partial charge >= 0.3 is 37.7 Å². The molecule has 2 aromatic heterocycles. The quantitative estimate of drug-likeness (QED) is 0.105. The summed E-state index contributed by atoms with van der Waals surface area (Å²) in [5.41, 5.74) is 4.35. The third-order valence-electron chi connectivity index (χ3n) is 9.60. The van der Waals surface area contributed by atoms with Crippen LogP contribution in [0.4, 0.5) is 20.7 Å². The third-order valence-corrected chi connectivity index (χ3v) is 9.60. The van der Waals surface area contributed by atoms with E-state index in [4.69, 9.17) is 0 Å². The number of aliphatic hydroxyl groups is 4. The number of aliphatic hydroxyl groups excluding tert-OH is 4. The van der Waals surface area contributed by atoms with Gasteiger partial charge in [0.1, 0.15) is 11.6 Å². The van der Waals surface area contributed by atoms with E-state index in [1.54, 1.807) is 50.5 Å². The zero-order chi connectivity index (χ0) is 48.0. The van der Waals surface area contributed by atoms with Crippen molar-refractivity contribution < 1.29 is 58.6 Å². The zero-order valence-corrected chi connectivity index (χ0v) is 39.8. The average Bonchev–Trinajstić information content (AvgIpc) is 3.21. The number of aliphatic carboxylic acids is 2. The van der Waals surface area contributed by atoms with Gasteiger partial charge in [-0.15, -0.1) is 0 Å². The van der Waals surface area contributed by atoms with Crippen LogP contribution in [0.15, 0.2) is 60.7 Å². The summed E-state index contributed by atoms with van der Waals surface area (Å²) in [5, 5.41) is 61.1. The number of hydrogen-bond donors (Lipinski definition) is 4. The number of amides is 2. The summed E-state index contributed by atoms with van der Waals surface area (Å²) in [6, 6.07) is 11.4. The number of anilines is 2. The van der Waals surface area contributed by atoms with E-state index in [2.05, 4.69) is 19.9 Å². The van der Waals surface area contributed by atoms with E-state index in [9.17, 15) is 58.6 Å². The fraction of sp³-hybridized carbons (Fsp3) is 0.391. The minimum atomic E-state index is -1.41. The first-order valence-electron chi connectivity index (χ1n) is 20.3. The number of benzene rings is 2. The normalized spacial score (nSPS) is 13.2. The summed E-state index contributed by atoms with van der Waals surface area (Å²) in [6.07, 6.45) is -0.365. The standard InChI is InChI=1S/2C23H28FN3O5.Ca/c2*1-13(2)21-19(10-9-17(29)11-18(30)12-20(31)32)22(15-5-7-16(24)8-6-15)26-23(25-21)27(4)14(3)28;/h2*5-10,13,17-18,29-30H,11-12H2,1-4H3,(H,31,32);/q;;+2/p-2/b2*10-9+;/t2*17-,18-;/m11./s1. The number of carbonyl (C=O) groups excluding carboxylic acids is 4. The van der Waals surface area contributed by atoms with Gasteiger partial charge in [0.2, 0.25) is 23.7 Å². The zero-order valence-electron chi connectivity index (χ0n) is 37.6. The Bertz CT molecular complexity index is 2150. The molecule has 0 unspecified atom stereocenters. The summed E-state index contributed by atoms with van der Waals surface area (Å²) in [6.45, 7) is 10.4. The van der Waals surface area contributed by atoms with Crippen LogP contribution in [-0.2, 0) is 19.2 Å². The molecule has 4 aromatic rings. The van der Waals surface area contributed by atoms with E-state index in [0.717, 1.165) is 0 Å². The number of rotatable bonds is 18. The van der Waals surface area contributed by atoms with Crippen molar-refractivity contribution in [3.05, 3.63) is 94.8 Å². The van der Waals surface area contributed by atoms with Gasteiger partial charge in [-0.3, -0.25) is 19.4 Å². The number of carboxylic acid groups (broad SMARTS) is 2. The van der Waals surface area contributed by atoms with Gasteiger partial charge in [0.25, 0.3) is 0 Å². The molecule has 0 saturated carbocycles. The van der Waals surface area contributed by atoms with Crippen molar-refractivity contribution >= 4 is 85.5 Å². The van der Waals surface area contributed by atoms with Gasteiger partial charge in [-0.25, -0.2) is 28.7 Å². The maximum absolute atomic E-state index is 13.5. The molecule has 0 fully saturated rings. The molecule has 19 heteroatoms. The van der Waals surface area contributed by atoms with Crippen molar-refractivity contribution in [2.24, 2.45) is 0 Å². The first kappa shape index (κ1) is 56.0. The first-order chi connectivity index (χ1) is 30.0. The molecule has 0 radical (unpaired) electrons. The molecule has 0 aliphatic heterocycles. The van der Waals surface area contributed by atoms with Crippen LogP contribution in [0.2, 0.25) is 0 Å². The first-order valence-corrected chi connectivity index (χ1v) is 20.3. The Hall–Kier alpha value is -5.08. The van der Waals surface area contributed by atoms with Crippen LogP contribution in [0.3, 0.4) is 0 Å². The van der Waals surface area contributed by atoms with Crippen LogP contribution in [-0.4, -0.2) is 140 Å². The van der Waals surface area contributed by atoms with E-state index in [-0.39, 0.29) is 86.1 Å². The minimum absolute atomic E-state index is 0. The Balaban J connectivity index is 0.000000440. The molecule has 0 aliphatic rings. The Morgan fingerprint density at radius 1 is 0.600 bits per heavy atom. The number of carbonyl (C=O) groups is 4. The number of halogens is 2. The van der Waals surface area contributed by atoms with Gasteiger partial charge in [0.15, 0.2) is 0 Å². The second-order valence-corrected chi connectivity index (χ2v) is 15.6. The molecule has 0 saturated heterocycles. The number of nitrogens with zero attached hydrogens (tertiary/aromatic N) is 6. The second kappa shape index (κ2) is 26.2. The molecule has 4 rings (SSSR count). The number of aromatic nitrogens is 4. The molecule has 2 heterocycles. The Labute approximate surface area is 406 Å². The molecular weight excluding hydrogens is 875 g/mol. The molecule has 16 nitrogen and oxygen atoms in total. The van der Waals surface area contributed by atoms with Crippen LogP contribution in [0, 0.1) is 11.6 Å². The maximum Gasteiger partial charge on any atom is 2.00 e. The van der Waals surface area contributed by atoms with E-state index < -0.39 is 60.8 Å². The molecular formula is C46H54CaF2N6O10. The van der Waals surface area contributed by atoms with Crippen LogP contribution < -0.4 is 20.0 Å². The molecule has 4 atom stereocenters. The number of carboxylic acids is 2. The fourth-order valence-electron chi connectivity index (χ4n) is 6.08. The van der Waals surface area contributed by atoms with E-state index in [1.165, 1.54) is 60.1 Å². The maximum atomic E-state index is 13.5. The summed E-state index contributed by atoms with van der Waals surface area (Å²) >= 11 is 0. The molecule has 344 valence electrons. The molecule has 2 amide bonds. The number of hydrogen-bond acceptors (Lipinski definition) is 14. The molecule has 2 aromatic carbocycles. The van der Waals surface area contributed by atoms with Gasteiger partial charge in [0, 0.05) is 87.8 Å². The molecule has 0 aliphatic carbocycles. The Morgan fingerprint density at radius 2 is 0.908 bits per heavy atom. The topological polar surface area (TPSA) is 253 Å². The van der Waals surface area contributed by atoms with Crippen molar-refractivity contribution in [3.8, 4) is 22.5 Å². The van der Waals surface area contributed by atoms with E-state index in [1.807, 2.05) is 27.7 Å². The predicted octanol–water partition coefficient (Wildman–Crippen LogP) is 2.93. The summed E-state index contributed by atoms with van der Waals surface area (Å²) in [4.78, 5) is 65.7. The second-order valence-electron chi connectivity index (χ2n) is 15.6. The molecule has 0 spiro atoms. The third kappa shape index (κ3) is 17.3. The summed E-state index contributed by atoms with van der Waals surface area (Å²) in [7, 11) is 3.10. The van der Waals surface area contributed by atoms with Crippen LogP contribution >= 0.6 is 0 Å². The summed E-state index contributed by atoms with van der Waals surface area (Å²) in [5.74, 6) is -3.97. The predicted molar refractivity (Wildman–Crippen MR) is 238 cm³/mol. The smallest absolute Gasteiger partial charge is 0.550 e. The van der Waals surface area contributed by atoms with E-state index >= 15 is 0 Å². The van der Waals surface area contributed by atoms with Crippen molar-refractivity contribution in [1.82, 2.24) is 19.9 Å². The van der Waals surface area contributed by atoms with Crippen LogP contribution in [0.25, 0.3) is 34.7 Å². The van der Waals surface area contributed by atoms with Gasteiger partial charge in [0.05, 0.1) is 47.2 Å². The van der Waals surface area contributed by atoms with Gasteiger partial charge in [-0.1, -0.05) is 52.0 Å². The van der Waals surface area contributed by atoms with Crippen molar-refractivity contribution in [2.75, 3.05) is 23.9 Å². The van der Waals surface area contributed by atoms with Crippen molar-refractivity contribution in [1.29, 1.82) is 0 Å². The molecule has 0 bridgehead atoms. The van der Waals surface area contributed by atoms with Crippen LogP contribution in [0.5, 0.6) is 0 Å². The van der Waals surface area contributed by atoms with Gasteiger partial charge in [-0.05, 0) is 60.4 Å². The minimum Gasteiger partial charge on any atom is -0.550 e.